The molecule has 0 aliphatic heterocycles. The van der Waals surface area contributed by atoms with Crippen LogP contribution >= 0.6 is 0 Å². The van der Waals surface area contributed by atoms with E-state index in [9.17, 15) is 0 Å². The number of allylic oxidation sites excluding steroid dienone is 4. The van der Waals surface area contributed by atoms with Crippen molar-refractivity contribution in [1.82, 2.24) is 0 Å². The van der Waals surface area contributed by atoms with Gasteiger partial charge in [-0.3, -0.25) is 0 Å². The highest BCUT2D eigenvalue weighted by Crippen LogP contribution is 2.33. The molecule has 0 radical (unpaired) electrons. The van der Waals surface area contributed by atoms with Gasteiger partial charge in [0.1, 0.15) is 0 Å². The predicted molar refractivity (Wildman–Crippen MR) is 84.8 cm³/mol. The maximum absolute atomic E-state index is 2.45. The molecule has 0 aromatic heterocycles. The van der Waals surface area contributed by atoms with E-state index in [0.717, 1.165) is 5.92 Å². The van der Waals surface area contributed by atoms with Gasteiger partial charge in [0, 0.05) is 0 Å². The molecule has 0 aromatic carbocycles. The Kier molecular flexibility index (Phi) is 9.14. The first-order valence-corrected chi connectivity index (χ1v) is 7.84. The molecule has 0 rings (SSSR count). The largest absolute Gasteiger partial charge is 0.0882 e. The smallest absolute Gasteiger partial charge is 0.0118 e. The minimum Gasteiger partial charge on any atom is -0.0882 e. The van der Waals surface area contributed by atoms with E-state index in [0.29, 0.717) is 17.8 Å². The van der Waals surface area contributed by atoms with E-state index in [4.69, 9.17) is 0 Å². The van der Waals surface area contributed by atoms with Crippen LogP contribution in [-0.2, 0) is 0 Å². The molecule has 0 heteroatoms. The SMILES string of the molecule is CC=C(CC)C(C(C)C=CC(C)CC)C(C)CC. The van der Waals surface area contributed by atoms with E-state index >= 15 is 0 Å². The highest BCUT2D eigenvalue weighted by atomic mass is 14.3. The summed E-state index contributed by atoms with van der Waals surface area (Å²) in [5.41, 5.74) is 1.63. The third kappa shape index (κ3) is 5.42. The van der Waals surface area contributed by atoms with Crippen molar-refractivity contribution in [2.75, 3.05) is 0 Å². The van der Waals surface area contributed by atoms with Crippen LogP contribution in [-0.4, -0.2) is 0 Å². The van der Waals surface area contributed by atoms with Crippen LogP contribution in [0.1, 0.15) is 67.7 Å². The van der Waals surface area contributed by atoms with E-state index in [1.807, 2.05) is 0 Å². The van der Waals surface area contributed by atoms with E-state index in [-0.39, 0.29) is 0 Å². The van der Waals surface area contributed by atoms with Gasteiger partial charge in [0.15, 0.2) is 0 Å². The Labute approximate surface area is 116 Å². The molecule has 0 N–H and O–H groups in total. The van der Waals surface area contributed by atoms with Crippen molar-refractivity contribution in [3.05, 3.63) is 23.8 Å². The van der Waals surface area contributed by atoms with Crippen molar-refractivity contribution in [3.63, 3.8) is 0 Å². The molecule has 4 unspecified atom stereocenters. The highest BCUT2D eigenvalue weighted by molar-refractivity contribution is 5.11. The fourth-order valence-corrected chi connectivity index (χ4v) is 2.73. The Morgan fingerprint density at radius 2 is 1.56 bits per heavy atom. The molecule has 0 spiro atoms. The molecule has 0 saturated heterocycles. The highest BCUT2D eigenvalue weighted by Gasteiger charge is 2.23. The average molecular weight is 250 g/mol. The van der Waals surface area contributed by atoms with Crippen LogP contribution in [0.2, 0.25) is 0 Å². The van der Waals surface area contributed by atoms with Crippen molar-refractivity contribution >= 4 is 0 Å². The minimum atomic E-state index is 0.653. The van der Waals surface area contributed by atoms with Gasteiger partial charge in [-0.25, -0.2) is 0 Å². The molecular weight excluding hydrogens is 216 g/mol. The zero-order valence-electron chi connectivity index (χ0n) is 13.7. The summed E-state index contributed by atoms with van der Waals surface area (Å²) in [6.07, 6.45) is 10.9. The van der Waals surface area contributed by atoms with Crippen molar-refractivity contribution in [2.45, 2.75) is 67.7 Å². The van der Waals surface area contributed by atoms with Gasteiger partial charge in [0.25, 0.3) is 0 Å². The zero-order chi connectivity index (χ0) is 14.1. The Morgan fingerprint density at radius 1 is 0.944 bits per heavy atom. The maximum Gasteiger partial charge on any atom is -0.0118 e. The monoisotopic (exact) mass is 250 g/mol. The predicted octanol–water partition coefficient (Wildman–Crippen LogP) is 6.24. The molecule has 0 nitrogen and oxygen atoms in total. The van der Waals surface area contributed by atoms with Gasteiger partial charge in [-0.15, -0.1) is 0 Å². The summed E-state index contributed by atoms with van der Waals surface area (Å²) in [6.45, 7) is 16.1. The summed E-state index contributed by atoms with van der Waals surface area (Å²) in [5, 5.41) is 0. The lowest BCUT2D eigenvalue weighted by molar-refractivity contribution is 0.325. The molecule has 4 atom stereocenters. The quantitative estimate of drug-likeness (QED) is 0.447. The lowest BCUT2D eigenvalue weighted by atomic mass is 9.75. The fourth-order valence-electron chi connectivity index (χ4n) is 2.73. The number of hydrogen-bond donors (Lipinski definition) is 0. The first kappa shape index (κ1) is 17.5. The molecule has 0 fully saturated rings. The molecule has 0 bridgehead atoms. The summed E-state index contributed by atoms with van der Waals surface area (Å²) >= 11 is 0. The van der Waals surface area contributed by atoms with Crippen LogP contribution in [0, 0.1) is 23.7 Å². The Morgan fingerprint density at radius 3 is 1.94 bits per heavy atom. The van der Waals surface area contributed by atoms with Crippen LogP contribution in [0.15, 0.2) is 23.8 Å². The minimum absolute atomic E-state index is 0.653. The second kappa shape index (κ2) is 9.42. The Bertz CT molecular complexity index is 259. The zero-order valence-corrected chi connectivity index (χ0v) is 13.7. The van der Waals surface area contributed by atoms with E-state index in [1.54, 1.807) is 5.57 Å². The fraction of sp³-hybridized carbons (Fsp3) is 0.778. The van der Waals surface area contributed by atoms with Crippen molar-refractivity contribution in [3.8, 4) is 0 Å². The van der Waals surface area contributed by atoms with E-state index < -0.39 is 0 Å². The first-order chi connectivity index (χ1) is 8.51. The van der Waals surface area contributed by atoms with Gasteiger partial charge < -0.3 is 0 Å². The normalized spacial score (nSPS) is 19.8. The van der Waals surface area contributed by atoms with Crippen LogP contribution in [0.4, 0.5) is 0 Å². The molecule has 0 saturated carbocycles. The summed E-state index contributed by atoms with van der Waals surface area (Å²) in [4.78, 5) is 0. The van der Waals surface area contributed by atoms with Crippen LogP contribution in [0.3, 0.4) is 0 Å². The van der Waals surface area contributed by atoms with Gasteiger partial charge in [-0.05, 0) is 37.0 Å². The van der Waals surface area contributed by atoms with Crippen molar-refractivity contribution in [2.24, 2.45) is 23.7 Å². The van der Waals surface area contributed by atoms with Gasteiger partial charge in [-0.1, -0.05) is 78.2 Å². The molecule has 106 valence electrons. The summed E-state index contributed by atoms with van der Waals surface area (Å²) in [7, 11) is 0. The number of hydrogen-bond acceptors (Lipinski definition) is 0. The van der Waals surface area contributed by atoms with Gasteiger partial charge in [0.2, 0.25) is 0 Å². The van der Waals surface area contributed by atoms with Crippen LogP contribution in [0.25, 0.3) is 0 Å². The van der Waals surface area contributed by atoms with Gasteiger partial charge >= 0.3 is 0 Å². The third-order valence-corrected chi connectivity index (χ3v) is 4.42. The molecule has 0 heterocycles. The van der Waals surface area contributed by atoms with Crippen molar-refractivity contribution in [1.29, 1.82) is 0 Å². The molecule has 0 aromatic rings. The second-order valence-electron chi connectivity index (χ2n) is 5.76. The molecule has 0 aliphatic carbocycles. The molecule has 18 heavy (non-hydrogen) atoms. The topological polar surface area (TPSA) is 0 Å². The molecular formula is C18H34. The molecule has 0 aliphatic rings. The summed E-state index contributed by atoms with van der Waals surface area (Å²) < 4.78 is 0. The third-order valence-electron chi connectivity index (χ3n) is 4.42. The van der Waals surface area contributed by atoms with E-state index in [1.165, 1.54) is 19.3 Å². The van der Waals surface area contributed by atoms with Gasteiger partial charge in [0.05, 0.1) is 0 Å². The van der Waals surface area contributed by atoms with Gasteiger partial charge in [-0.2, -0.15) is 0 Å². The summed E-state index contributed by atoms with van der Waals surface area (Å²) in [5.74, 6) is 2.85. The number of rotatable bonds is 8. The Balaban J connectivity index is 4.91. The van der Waals surface area contributed by atoms with E-state index in [2.05, 4.69) is 66.7 Å². The maximum atomic E-state index is 2.45. The average Bonchev–Trinajstić information content (AvgIpc) is 2.40. The van der Waals surface area contributed by atoms with Crippen LogP contribution in [0.5, 0.6) is 0 Å². The van der Waals surface area contributed by atoms with Crippen LogP contribution < -0.4 is 0 Å². The molecule has 0 amide bonds. The second-order valence-corrected chi connectivity index (χ2v) is 5.76. The standard InChI is InChI=1S/C18H34/c1-8-14(5)12-13-16(7)18(15(6)9-2)17(10-3)11-4/h10,12-16,18H,8-9,11H2,1-7H3. The van der Waals surface area contributed by atoms with Crippen molar-refractivity contribution < 1.29 is 0 Å². The first-order valence-electron chi connectivity index (χ1n) is 7.84. The Hall–Kier alpha value is -0.520. The lowest BCUT2D eigenvalue weighted by Gasteiger charge is -2.30. The lowest BCUT2D eigenvalue weighted by Crippen LogP contribution is -2.20. The summed E-state index contributed by atoms with van der Waals surface area (Å²) in [6, 6.07) is 0.